The summed E-state index contributed by atoms with van der Waals surface area (Å²) in [5.41, 5.74) is 3.47. The molecule has 0 radical (unpaired) electrons. The Bertz CT molecular complexity index is 1610. The Balaban J connectivity index is 0.000000263. The highest BCUT2D eigenvalue weighted by atomic mass is 16.7. The van der Waals surface area contributed by atoms with Crippen LogP contribution >= 0.6 is 0 Å². The first-order valence-electron chi connectivity index (χ1n) is 12.8. The zero-order chi connectivity index (χ0) is 31.4. The second kappa shape index (κ2) is 15.3. The predicted octanol–water partition coefficient (Wildman–Crippen LogP) is 3.52. The summed E-state index contributed by atoms with van der Waals surface area (Å²) in [5, 5.41) is 37.3. The number of nitrogens with zero attached hydrogens (tertiary/aromatic N) is 2. The van der Waals surface area contributed by atoms with Crippen LogP contribution in [0.4, 0.5) is 0 Å². The van der Waals surface area contributed by atoms with Crippen LogP contribution in [0.5, 0.6) is 11.5 Å². The molecule has 0 bridgehead atoms. The van der Waals surface area contributed by atoms with E-state index in [1.54, 1.807) is 0 Å². The maximum absolute atomic E-state index is 9.55. The molecule has 1 aliphatic rings. The van der Waals surface area contributed by atoms with Gasteiger partial charge in [-0.3, -0.25) is 4.98 Å². The first kappa shape index (κ1) is 31.8. The van der Waals surface area contributed by atoms with Crippen LogP contribution in [-0.4, -0.2) is 66.7 Å². The molecule has 2 aromatic carbocycles. The lowest BCUT2D eigenvalue weighted by molar-refractivity contribution is -0.134. The zero-order valence-corrected chi connectivity index (χ0v) is 22.9. The van der Waals surface area contributed by atoms with Crippen molar-refractivity contribution in [3.05, 3.63) is 90.8 Å². The van der Waals surface area contributed by atoms with Gasteiger partial charge in [-0.15, -0.1) is 0 Å². The van der Waals surface area contributed by atoms with Crippen molar-refractivity contribution in [1.82, 2.24) is 14.9 Å². The molecule has 0 aliphatic carbocycles. The van der Waals surface area contributed by atoms with Gasteiger partial charge < -0.3 is 39.8 Å². The number of nitrogens with one attached hydrogen (secondary N) is 1. The van der Waals surface area contributed by atoms with E-state index in [0.717, 1.165) is 30.1 Å². The van der Waals surface area contributed by atoms with Crippen LogP contribution < -0.4 is 14.8 Å². The van der Waals surface area contributed by atoms with E-state index in [1.807, 2.05) is 24.4 Å². The van der Waals surface area contributed by atoms with Gasteiger partial charge in [0.2, 0.25) is 6.79 Å². The Morgan fingerprint density at radius 2 is 1.51 bits per heavy atom. The Labute approximate surface area is 244 Å². The number of benzene rings is 2. The van der Waals surface area contributed by atoms with Gasteiger partial charge in [0.15, 0.2) is 11.5 Å². The van der Waals surface area contributed by atoms with Gasteiger partial charge in [0.05, 0.1) is 11.0 Å². The molecule has 0 spiro atoms. The van der Waals surface area contributed by atoms with Crippen molar-refractivity contribution < 1.29 is 49.1 Å². The van der Waals surface area contributed by atoms with Crippen LogP contribution in [0.3, 0.4) is 0 Å². The average molecular weight is 592 g/mol. The fourth-order valence-electron chi connectivity index (χ4n) is 3.99. The maximum Gasteiger partial charge on any atom is 0.328 e. The first-order chi connectivity index (χ1) is 20.5. The third-order valence-corrected chi connectivity index (χ3v) is 5.81. The molecule has 43 heavy (non-hydrogen) atoms. The van der Waals surface area contributed by atoms with E-state index in [2.05, 4.69) is 58.3 Å². The van der Waals surface area contributed by atoms with Gasteiger partial charge in [0.1, 0.15) is 0 Å². The van der Waals surface area contributed by atoms with Crippen molar-refractivity contribution in [2.75, 3.05) is 6.79 Å². The van der Waals surface area contributed by atoms with Gasteiger partial charge in [-0.1, -0.05) is 12.1 Å². The Morgan fingerprint density at radius 1 is 0.884 bits per heavy atom. The van der Waals surface area contributed by atoms with E-state index < -0.39 is 23.9 Å². The third-order valence-electron chi connectivity index (χ3n) is 5.81. The molecular formula is C30H29N3O10. The van der Waals surface area contributed by atoms with Crippen LogP contribution in [0.2, 0.25) is 0 Å². The number of carboxylic acids is 4. The fourth-order valence-corrected chi connectivity index (χ4v) is 3.99. The summed E-state index contributed by atoms with van der Waals surface area (Å²) in [6.07, 6.45) is 6.24. The van der Waals surface area contributed by atoms with Crippen LogP contribution in [-0.2, 0) is 32.3 Å². The highest BCUT2D eigenvalue weighted by Crippen LogP contribution is 2.32. The van der Waals surface area contributed by atoms with Crippen LogP contribution in [0, 0.1) is 0 Å². The van der Waals surface area contributed by atoms with Crippen molar-refractivity contribution in [3.63, 3.8) is 0 Å². The lowest BCUT2D eigenvalue weighted by Crippen LogP contribution is -2.29. The molecule has 1 atom stereocenters. The van der Waals surface area contributed by atoms with Gasteiger partial charge in [0, 0.05) is 66.6 Å². The van der Waals surface area contributed by atoms with Gasteiger partial charge in [0.25, 0.3) is 0 Å². The number of ether oxygens (including phenoxy) is 2. The standard InChI is InChI=1S/C22H21N3O2.2C4H4O4/c1-15(24-12-16-4-7-20-21(11-16)27-14-26-20)13-25-10-8-17-5-6-19-18(22(17)25)3-2-9-23-19;2*5-3(6)1-2-4(7)8/h2-11,15,24H,12-14H2,1H3;2*1-2H,(H,5,6)(H,7,8)/b;2*2-1+/t15-;;/m0../s1. The smallest absolute Gasteiger partial charge is 0.328 e. The topological polar surface area (TPSA) is 198 Å². The molecule has 224 valence electrons. The van der Waals surface area contributed by atoms with E-state index >= 15 is 0 Å². The number of rotatable bonds is 9. The predicted molar refractivity (Wildman–Crippen MR) is 155 cm³/mol. The molecule has 2 aromatic heterocycles. The summed E-state index contributed by atoms with van der Waals surface area (Å²) < 4.78 is 13.2. The normalized spacial score (nSPS) is 12.4. The molecule has 0 unspecified atom stereocenters. The maximum atomic E-state index is 9.55. The SMILES string of the molecule is C[C@@H](Cn1ccc2ccc3ncccc3c21)NCc1ccc2c(c1)OCO2.O=C(O)/C=C/C(=O)O.O=C(O)/C=C/C(=O)O. The van der Waals surface area contributed by atoms with E-state index in [4.69, 9.17) is 29.9 Å². The number of pyridine rings is 1. The summed E-state index contributed by atoms with van der Waals surface area (Å²) in [4.78, 5) is 42.7. The van der Waals surface area contributed by atoms with Crippen molar-refractivity contribution in [2.45, 2.75) is 26.1 Å². The number of carboxylic acid groups (broad SMARTS) is 4. The summed E-state index contributed by atoms with van der Waals surface area (Å²) in [7, 11) is 0. The Hall–Kier alpha value is -5.69. The largest absolute Gasteiger partial charge is 0.478 e. The van der Waals surface area contributed by atoms with E-state index in [-0.39, 0.29) is 0 Å². The molecule has 0 amide bonds. The second-order valence-electron chi connectivity index (χ2n) is 9.03. The number of carbonyl (C=O) groups is 4. The quantitative estimate of drug-likeness (QED) is 0.178. The molecule has 4 aromatic rings. The minimum Gasteiger partial charge on any atom is -0.478 e. The highest BCUT2D eigenvalue weighted by molar-refractivity contribution is 6.04. The first-order valence-corrected chi connectivity index (χ1v) is 12.8. The Morgan fingerprint density at radius 3 is 2.14 bits per heavy atom. The number of hydrogen-bond donors (Lipinski definition) is 5. The van der Waals surface area contributed by atoms with Crippen molar-refractivity contribution in [3.8, 4) is 11.5 Å². The van der Waals surface area contributed by atoms with Crippen molar-refractivity contribution in [2.24, 2.45) is 0 Å². The van der Waals surface area contributed by atoms with Gasteiger partial charge in [-0.25, -0.2) is 19.2 Å². The number of hydrogen-bond acceptors (Lipinski definition) is 8. The van der Waals surface area contributed by atoms with Gasteiger partial charge in [-0.2, -0.15) is 0 Å². The number of fused-ring (bicyclic) bond motifs is 4. The van der Waals surface area contributed by atoms with E-state index in [9.17, 15) is 19.2 Å². The van der Waals surface area contributed by atoms with Crippen LogP contribution in [0.15, 0.2) is 85.2 Å². The minimum absolute atomic E-state index is 0.312. The highest BCUT2D eigenvalue weighted by Gasteiger charge is 2.14. The van der Waals surface area contributed by atoms with E-state index in [0.29, 0.717) is 37.1 Å². The zero-order valence-electron chi connectivity index (χ0n) is 22.9. The molecular weight excluding hydrogens is 562 g/mol. The molecule has 13 nitrogen and oxygen atoms in total. The summed E-state index contributed by atoms with van der Waals surface area (Å²) >= 11 is 0. The van der Waals surface area contributed by atoms with E-state index in [1.165, 1.54) is 21.9 Å². The monoisotopic (exact) mass is 591 g/mol. The number of aromatic nitrogens is 2. The summed E-state index contributed by atoms with van der Waals surface area (Å²) in [6, 6.07) is 17.0. The summed E-state index contributed by atoms with van der Waals surface area (Å²) in [6.45, 7) is 4.20. The third kappa shape index (κ3) is 10.0. The van der Waals surface area contributed by atoms with Crippen LogP contribution in [0.25, 0.3) is 21.8 Å². The Kier molecular flexibility index (Phi) is 11.4. The lowest BCUT2D eigenvalue weighted by atomic mass is 10.1. The molecule has 0 saturated carbocycles. The van der Waals surface area contributed by atoms with Crippen molar-refractivity contribution >= 4 is 45.7 Å². The molecule has 1 aliphatic heterocycles. The number of aliphatic carboxylic acids is 4. The summed E-state index contributed by atoms with van der Waals surface area (Å²) in [5.74, 6) is -3.37. The molecule has 0 saturated heterocycles. The molecule has 13 heteroatoms. The fraction of sp³-hybridized carbons (Fsp3) is 0.167. The second-order valence-corrected chi connectivity index (χ2v) is 9.03. The molecule has 0 fully saturated rings. The molecule has 5 N–H and O–H groups in total. The van der Waals surface area contributed by atoms with Crippen LogP contribution in [0.1, 0.15) is 12.5 Å². The minimum atomic E-state index is -1.26. The molecule has 3 heterocycles. The molecule has 5 rings (SSSR count). The van der Waals surface area contributed by atoms with Crippen molar-refractivity contribution in [1.29, 1.82) is 0 Å². The lowest BCUT2D eigenvalue weighted by Gasteiger charge is -2.16. The van der Waals surface area contributed by atoms with Gasteiger partial charge >= 0.3 is 23.9 Å². The average Bonchev–Trinajstić information content (AvgIpc) is 3.61. The van der Waals surface area contributed by atoms with Gasteiger partial charge in [-0.05, 0) is 48.9 Å².